The maximum Gasteiger partial charge on any atom is 0.229 e. The molecule has 0 saturated heterocycles. The van der Waals surface area contributed by atoms with Gasteiger partial charge in [0.05, 0.1) is 10.7 Å². The fraction of sp³-hybridized carbons (Fsp3) is 0.267. The van der Waals surface area contributed by atoms with Gasteiger partial charge in [0, 0.05) is 5.56 Å². The first-order valence-electron chi connectivity index (χ1n) is 5.78. The summed E-state index contributed by atoms with van der Waals surface area (Å²) >= 11 is 3.30. The summed E-state index contributed by atoms with van der Waals surface area (Å²) in [5.41, 5.74) is 1.93. The number of hydrogen-bond donors (Lipinski definition) is 0. The topological polar surface area (TPSA) is 30.2 Å². The predicted octanol–water partition coefficient (Wildman–Crippen LogP) is 4.57. The van der Waals surface area contributed by atoms with Crippen LogP contribution in [0.3, 0.4) is 0 Å². The zero-order chi connectivity index (χ0) is 13.3. The monoisotopic (exact) mass is 306 g/mol. The number of carbonyl (C=O) groups excluding carboxylic acids is 1. The van der Waals surface area contributed by atoms with Crippen LogP contribution in [-0.4, -0.2) is 5.78 Å². The van der Waals surface area contributed by atoms with Crippen LogP contribution in [0.1, 0.15) is 42.5 Å². The zero-order valence-corrected chi connectivity index (χ0v) is 12.2. The molecule has 1 aromatic carbocycles. The number of hydrogen-bond acceptors (Lipinski definition) is 2. The highest BCUT2D eigenvalue weighted by Gasteiger charge is 2.18. The lowest BCUT2D eigenvalue weighted by Gasteiger charge is -2.18. The summed E-state index contributed by atoms with van der Waals surface area (Å²) in [6.45, 7) is 6.44. The molecule has 0 aliphatic heterocycles. The Kier molecular flexibility index (Phi) is 3.44. The molecular weight excluding hydrogens is 292 g/mol. The van der Waals surface area contributed by atoms with E-state index in [-0.39, 0.29) is 11.2 Å². The highest BCUT2D eigenvalue weighted by molar-refractivity contribution is 9.10. The van der Waals surface area contributed by atoms with E-state index in [1.807, 2.05) is 24.3 Å². The SMILES string of the molecule is CC(C)(C)c1ccc(C(=O)c2occc2Br)cc1. The average molecular weight is 307 g/mol. The van der Waals surface area contributed by atoms with Crippen LogP contribution in [0, 0.1) is 0 Å². The Labute approximate surface area is 115 Å². The van der Waals surface area contributed by atoms with E-state index in [0.29, 0.717) is 15.8 Å². The van der Waals surface area contributed by atoms with Gasteiger partial charge in [0.1, 0.15) is 0 Å². The van der Waals surface area contributed by atoms with Gasteiger partial charge < -0.3 is 4.42 Å². The van der Waals surface area contributed by atoms with Gasteiger partial charge in [-0.05, 0) is 33.0 Å². The van der Waals surface area contributed by atoms with Gasteiger partial charge in [-0.25, -0.2) is 0 Å². The van der Waals surface area contributed by atoms with Crippen molar-refractivity contribution in [3.05, 3.63) is 58.0 Å². The minimum atomic E-state index is -0.104. The van der Waals surface area contributed by atoms with Crippen LogP contribution >= 0.6 is 15.9 Å². The standard InChI is InChI=1S/C15H15BrO2/c1-15(2,3)11-6-4-10(5-7-11)13(17)14-12(16)8-9-18-14/h4-9H,1-3H3. The molecule has 2 rings (SSSR count). The number of ketones is 1. The normalized spacial score (nSPS) is 11.6. The lowest BCUT2D eigenvalue weighted by atomic mass is 9.86. The molecule has 3 heteroatoms. The third-order valence-corrected chi connectivity index (χ3v) is 3.46. The average Bonchev–Trinajstić information content (AvgIpc) is 2.73. The maximum absolute atomic E-state index is 12.2. The van der Waals surface area contributed by atoms with Crippen LogP contribution in [0.4, 0.5) is 0 Å². The molecule has 0 amide bonds. The van der Waals surface area contributed by atoms with Gasteiger partial charge in [0.25, 0.3) is 0 Å². The van der Waals surface area contributed by atoms with Gasteiger partial charge in [-0.15, -0.1) is 0 Å². The molecule has 0 N–H and O–H groups in total. The van der Waals surface area contributed by atoms with E-state index in [4.69, 9.17) is 4.42 Å². The fourth-order valence-corrected chi connectivity index (χ4v) is 2.09. The lowest BCUT2D eigenvalue weighted by Crippen LogP contribution is -2.11. The first-order valence-corrected chi connectivity index (χ1v) is 6.57. The van der Waals surface area contributed by atoms with Crippen molar-refractivity contribution >= 4 is 21.7 Å². The number of benzene rings is 1. The van der Waals surface area contributed by atoms with E-state index in [9.17, 15) is 4.79 Å². The molecule has 94 valence electrons. The molecule has 0 unspecified atom stereocenters. The molecule has 0 bridgehead atoms. The molecule has 1 aromatic heterocycles. The number of furan rings is 1. The minimum Gasteiger partial charge on any atom is -0.460 e. The van der Waals surface area contributed by atoms with Crippen molar-refractivity contribution in [2.75, 3.05) is 0 Å². The van der Waals surface area contributed by atoms with E-state index in [0.717, 1.165) is 0 Å². The fourth-order valence-electron chi connectivity index (χ4n) is 1.71. The first kappa shape index (κ1) is 13.1. The van der Waals surface area contributed by atoms with Crippen LogP contribution in [0.15, 0.2) is 45.5 Å². The Morgan fingerprint density at radius 3 is 2.17 bits per heavy atom. The Hall–Kier alpha value is -1.35. The van der Waals surface area contributed by atoms with Crippen molar-refractivity contribution in [3.63, 3.8) is 0 Å². The smallest absolute Gasteiger partial charge is 0.229 e. The second kappa shape index (κ2) is 4.73. The Bertz CT molecular complexity index is 559. The second-order valence-electron chi connectivity index (χ2n) is 5.25. The highest BCUT2D eigenvalue weighted by Crippen LogP contribution is 2.24. The van der Waals surface area contributed by atoms with Crippen molar-refractivity contribution < 1.29 is 9.21 Å². The van der Waals surface area contributed by atoms with E-state index in [1.54, 1.807) is 6.07 Å². The molecule has 0 fully saturated rings. The van der Waals surface area contributed by atoms with E-state index < -0.39 is 0 Å². The Morgan fingerprint density at radius 1 is 1.11 bits per heavy atom. The number of rotatable bonds is 2. The predicted molar refractivity (Wildman–Crippen MR) is 75.0 cm³/mol. The quantitative estimate of drug-likeness (QED) is 0.761. The summed E-state index contributed by atoms with van der Waals surface area (Å²) in [7, 11) is 0. The maximum atomic E-state index is 12.2. The van der Waals surface area contributed by atoms with Gasteiger partial charge in [-0.3, -0.25) is 4.79 Å². The van der Waals surface area contributed by atoms with Gasteiger partial charge in [-0.1, -0.05) is 45.0 Å². The molecule has 18 heavy (non-hydrogen) atoms. The Balaban J connectivity index is 2.31. The number of halogens is 1. The summed E-state index contributed by atoms with van der Waals surface area (Å²) in [5, 5.41) is 0. The molecule has 2 nitrogen and oxygen atoms in total. The van der Waals surface area contributed by atoms with Crippen LogP contribution in [-0.2, 0) is 5.41 Å². The molecule has 0 radical (unpaired) electrons. The molecule has 0 aliphatic rings. The van der Waals surface area contributed by atoms with Crippen molar-refractivity contribution in [3.8, 4) is 0 Å². The third-order valence-electron chi connectivity index (χ3n) is 2.84. The van der Waals surface area contributed by atoms with Crippen molar-refractivity contribution in [2.45, 2.75) is 26.2 Å². The van der Waals surface area contributed by atoms with Crippen LogP contribution in [0.25, 0.3) is 0 Å². The molecule has 0 atom stereocenters. The van der Waals surface area contributed by atoms with Crippen molar-refractivity contribution in [1.82, 2.24) is 0 Å². The summed E-state index contributed by atoms with van der Waals surface area (Å²) in [4.78, 5) is 12.2. The summed E-state index contributed by atoms with van der Waals surface area (Å²) < 4.78 is 5.87. The molecule has 0 aliphatic carbocycles. The molecule has 0 spiro atoms. The zero-order valence-electron chi connectivity index (χ0n) is 10.7. The van der Waals surface area contributed by atoms with Crippen molar-refractivity contribution in [1.29, 1.82) is 0 Å². The van der Waals surface area contributed by atoms with Gasteiger partial charge in [0.2, 0.25) is 5.78 Å². The van der Waals surface area contributed by atoms with E-state index in [1.165, 1.54) is 11.8 Å². The first-order chi connectivity index (χ1) is 8.39. The Morgan fingerprint density at radius 2 is 1.72 bits per heavy atom. The van der Waals surface area contributed by atoms with Gasteiger partial charge in [0.15, 0.2) is 5.76 Å². The van der Waals surface area contributed by atoms with Crippen LogP contribution in [0.2, 0.25) is 0 Å². The third kappa shape index (κ3) is 2.56. The van der Waals surface area contributed by atoms with Gasteiger partial charge in [-0.2, -0.15) is 0 Å². The van der Waals surface area contributed by atoms with Crippen molar-refractivity contribution in [2.24, 2.45) is 0 Å². The number of carbonyl (C=O) groups is 1. The summed E-state index contributed by atoms with van der Waals surface area (Å²) in [6.07, 6.45) is 1.50. The highest BCUT2D eigenvalue weighted by atomic mass is 79.9. The molecular formula is C15H15BrO2. The van der Waals surface area contributed by atoms with E-state index in [2.05, 4.69) is 36.7 Å². The van der Waals surface area contributed by atoms with E-state index >= 15 is 0 Å². The lowest BCUT2D eigenvalue weighted by molar-refractivity contribution is 0.101. The van der Waals surface area contributed by atoms with Gasteiger partial charge >= 0.3 is 0 Å². The largest absolute Gasteiger partial charge is 0.460 e. The summed E-state index contributed by atoms with van der Waals surface area (Å²) in [5.74, 6) is 0.242. The summed E-state index contributed by atoms with van der Waals surface area (Å²) in [6, 6.07) is 9.39. The molecule has 2 aromatic rings. The minimum absolute atomic E-state index is 0.0901. The molecule has 1 heterocycles. The molecule has 0 saturated carbocycles. The van der Waals surface area contributed by atoms with Crippen LogP contribution < -0.4 is 0 Å². The second-order valence-corrected chi connectivity index (χ2v) is 6.11. The van der Waals surface area contributed by atoms with Crippen LogP contribution in [0.5, 0.6) is 0 Å².